The fraction of sp³-hybridized carbons (Fsp3) is 0.412. The van der Waals surface area contributed by atoms with E-state index in [0.717, 1.165) is 5.57 Å². The van der Waals surface area contributed by atoms with Crippen molar-refractivity contribution < 1.29 is 18.7 Å². The summed E-state index contributed by atoms with van der Waals surface area (Å²) < 4.78 is 20.7. The first-order chi connectivity index (χ1) is 11.4. The van der Waals surface area contributed by atoms with Gasteiger partial charge in [0, 0.05) is 0 Å². The van der Waals surface area contributed by atoms with E-state index in [2.05, 4.69) is 0 Å². The van der Waals surface area contributed by atoms with Gasteiger partial charge in [0.05, 0.1) is 29.3 Å². The molecule has 0 aromatic heterocycles. The molecule has 3 heterocycles. The van der Waals surface area contributed by atoms with E-state index >= 15 is 0 Å². The van der Waals surface area contributed by atoms with Gasteiger partial charge in [-0.2, -0.15) is 0 Å². The molecule has 1 aliphatic carbocycles. The van der Waals surface area contributed by atoms with Crippen molar-refractivity contribution in [3.05, 3.63) is 42.0 Å². The van der Waals surface area contributed by atoms with Crippen LogP contribution in [-0.4, -0.2) is 42.3 Å². The summed E-state index contributed by atoms with van der Waals surface area (Å²) in [6.45, 7) is 1.87. The highest BCUT2D eigenvalue weighted by atomic mass is 31.2. The Morgan fingerprint density at radius 2 is 1.71 bits per heavy atom. The summed E-state index contributed by atoms with van der Waals surface area (Å²) in [7, 11) is 0.203. The average molecular weight is 346 g/mol. The largest absolute Gasteiger partial charge is 0.308 e. The molecule has 1 aromatic carbocycles. The number of benzene rings is 1. The maximum Gasteiger partial charge on any atom is 0.280 e. The summed E-state index contributed by atoms with van der Waals surface area (Å²) in [5.74, 6) is -1.74. The van der Waals surface area contributed by atoms with Gasteiger partial charge in [-0.3, -0.25) is 14.2 Å². The lowest BCUT2D eigenvalue weighted by Crippen LogP contribution is -2.49. The van der Waals surface area contributed by atoms with Crippen molar-refractivity contribution in [3.8, 4) is 0 Å². The Morgan fingerprint density at radius 1 is 1.08 bits per heavy atom. The Balaban J connectivity index is 1.82. The van der Waals surface area contributed by atoms with Crippen molar-refractivity contribution in [2.45, 2.75) is 18.7 Å². The number of amides is 2. The van der Waals surface area contributed by atoms with Crippen LogP contribution in [-0.2, 0) is 18.7 Å². The highest BCUT2D eigenvalue weighted by Gasteiger charge is 2.66. The van der Waals surface area contributed by atoms with Gasteiger partial charge in [-0.05, 0) is 38.7 Å². The average Bonchev–Trinajstić information content (AvgIpc) is 2.82. The molecule has 0 N–H and O–H groups in total. The molecule has 126 valence electrons. The van der Waals surface area contributed by atoms with Crippen LogP contribution in [0.3, 0.4) is 0 Å². The van der Waals surface area contributed by atoms with Gasteiger partial charge < -0.3 is 4.52 Å². The van der Waals surface area contributed by atoms with Gasteiger partial charge in [-0.15, -0.1) is 0 Å². The third kappa shape index (κ3) is 1.88. The van der Waals surface area contributed by atoms with E-state index in [4.69, 9.17) is 4.52 Å². The van der Waals surface area contributed by atoms with Crippen LogP contribution in [0.2, 0.25) is 0 Å². The number of fused-ring (bicyclic) bond motifs is 1. The standard InChI is InChI=1S/C17H19N2O4P/c1-10-9-12-13-14(15(10)23-24(12,22)18(2)3)17(21)19(16(13)20)11-7-5-4-6-8-11/h4-9,12-15H,1-3H3/t12-,13+,14+,15+,24+/m0/s1. The monoisotopic (exact) mass is 346 g/mol. The van der Waals surface area contributed by atoms with Crippen LogP contribution in [0.1, 0.15) is 6.92 Å². The minimum atomic E-state index is -3.18. The molecule has 1 aromatic rings. The molecule has 2 fully saturated rings. The van der Waals surface area contributed by atoms with Gasteiger partial charge in [0.25, 0.3) is 7.52 Å². The first kappa shape index (κ1) is 15.8. The fourth-order valence-corrected chi connectivity index (χ4v) is 6.64. The first-order valence-electron chi connectivity index (χ1n) is 7.93. The molecule has 0 unspecified atom stereocenters. The van der Waals surface area contributed by atoms with E-state index in [1.165, 1.54) is 4.90 Å². The van der Waals surface area contributed by atoms with Gasteiger partial charge in [0.1, 0.15) is 0 Å². The molecule has 0 radical (unpaired) electrons. The second kappa shape index (κ2) is 5.12. The summed E-state index contributed by atoms with van der Waals surface area (Å²) in [4.78, 5) is 27.2. The van der Waals surface area contributed by atoms with E-state index in [0.29, 0.717) is 5.69 Å². The van der Waals surface area contributed by atoms with E-state index < -0.39 is 31.1 Å². The number of hydrogen-bond acceptors (Lipinski definition) is 4. The number of carbonyl (C=O) groups is 2. The molecule has 2 bridgehead atoms. The Labute approximate surface area is 140 Å². The summed E-state index contributed by atoms with van der Waals surface area (Å²) in [6, 6.07) is 8.89. The highest BCUT2D eigenvalue weighted by Crippen LogP contribution is 2.67. The summed E-state index contributed by atoms with van der Waals surface area (Å²) >= 11 is 0. The zero-order valence-corrected chi connectivity index (χ0v) is 14.6. The second-order valence-electron chi connectivity index (χ2n) is 6.74. The molecule has 7 heteroatoms. The normalized spacial score (nSPS) is 37.8. The van der Waals surface area contributed by atoms with Crippen molar-refractivity contribution >= 4 is 25.0 Å². The minimum absolute atomic E-state index is 0.261. The SMILES string of the molecule is CC1=C[C@H]2[C@H]3C(=O)N(c4ccccc4)C(=O)[C@H]3[C@@H]1O[P@@]2(=O)N(C)C. The quantitative estimate of drug-likeness (QED) is 0.467. The van der Waals surface area contributed by atoms with Gasteiger partial charge in [-0.1, -0.05) is 24.3 Å². The van der Waals surface area contributed by atoms with Crippen molar-refractivity contribution in [1.82, 2.24) is 4.67 Å². The lowest BCUT2D eigenvalue weighted by atomic mass is 9.79. The van der Waals surface area contributed by atoms with Crippen LogP contribution in [0.5, 0.6) is 0 Å². The Morgan fingerprint density at radius 3 is 2.33 bits per heavy atom. The summed E-state index contributed by atoms with van der Waals surface area (Å²) in [5.41, 5.74) is 0.858. The summed E-state index contributed by atoms with van der Waals surface area (Å²) in [6.07, 6.45) is 1.27. The Bertz CT molecular complexity index is 804. The predicted octanol–water partition coefficient (Wildman–Crippen LogP) is 2.27. The smallest absolute Gasteiger partial charge is 0.280 e. The van der Waals surface area contributed by atoms with Gasteiger partial charge in [0.15, 0.2) is 0 Å². The number of carbonyl (C=O) groups excluding carboxylic acids is 2. The van der Waals surface area contributed by atoms with Crippen LogP contribution in [0.4, 0.5) is 5.69 Å². The van der Waals surface area contributed by atoms with Crippen LogP contribution in [0, 0.1) is 11.8 Å². The first-order valence-corrected chi connectivity index (χ1v) is 9.58. The van der Waals surface area contributed by atoms with Crippen LogP contribution in [0.15, 0.2) is 42.0 Å². The van der Waals surface area contributed by atoms with Gasteiger partial charge >= 0.3 is 0 Å². The molecule has 2 saturated heterocycles. The second-order valence-corrected chi connectivity index (χ2v) is 9.47. The van der Waals surface area contributed by atoms with Crippen molar-refractivity contribution in [1.29, 1.82) is 0 Å². The van der Waals surface area contributed by atoms with Crippen molar-refractivity contribution in [2.24, 2.45) is 11.8 Å². The molecule has 5 atom stereocenters. The number of allylic oxidation sites excluding steroid dienone is 1. The molecular weight excluding hydrogens is 327 g/mol. The zero-order chi connectivity index (χ0) is 17.2. The number of anilines is 1. The lowest BCUT2D eigenvalue weighted by Gasteiger charge is -2.47. The topological polar surface area (TPSA) is 66.9 Å². The molecular formula is C17H19N2O4P. The lowest BCUT2D eigenvalue weighted by molar-refractivity contribution is -0.124. The summed E-state index contributed by atoms with van der Waals surface area (Å²) in [5, 5.41) is 0. The van der Waals surface area contributed by atoms with E-state index in [1.807, 2.05) is 19.1 Å². The third-order valence-electron chi connectivity index (χ3n) is 5.19. The van der Waals surface area contributed by atoms with Gasteiger partial charge in [-0.25, -0.2) is 9.57 Å². The number of nitrogens with zero attached hydrogens (tertiary/aromatic N) is 2. The van der Waals surface area contributed by atoms with Crippen LogP contribution >= 0.6 is 7.52 Å². The number of rotatable bonds is 2. The Hall–Kier alpha value is -1.75. The molecule has 5 rings (SSSR count). The van der Waals surface area contributed by atoms with Crippen molar-refractivity contribution in [3.63, 3.8) is 0 Å². The number of para-hydroxylation sites is 1. The Kier molecular flexibility index (Phi) is 3.36. The molecule has 4 aliphatic rings. The third-order valence-corrected chi connectivity index (χ3v) is 8.06. The van der Waals surface area contributed by atoms with Gasteiger partial charge in [0.2, 0.25) is 11.8 Å². The van der Waals surface area contributed by atoms with E-state index in [-0.39, 0.29) is 11.8 Å². The highest BCUT2D eigenvalue weighted by molar-refractivity contribution is 7.57. The van der Waals surface area contributed by atoms with Crippen molar-refractivity contribution in [2.75, 3.05) is 19.0 Å². The maximum atomic E-state index is 13.3. The molecule has 3 aliphatic heterocycles. The molecule has 6 nitrogen and oxygen atoms in total. The van der Waals surface area contributed by atoms with E-state index in [1.54, 1.807) is 43.0 Å². The molecule has 0 saturated carbocycles. The van der Waals surface area contributed by atoms with E-state index in [9.17, 15) is 14.2 Å². The number of imide groups is 1. The van der Waals surface area contributed by atoms with Crippen LogP contribution < -0.4 is 4.90 Å². The molecule has 24 heavy (non-hydrogen) atoms. The number of hydrogen-bond donors (Lipinski definition) is 0. The molecule has 2 amide bonds. The molecule has 0 spiro atoms. The van der Waals surface area contributed by atoms with Crippen LogP contribution in [0.25, 0.3) is 0 Å². The minimum Gasteiger partial charge on any atom is -0.308 e. The zero-order valence-electron chi connectivity index (χ0n) is 13.7. The predicted molar refractivity (Wildman–Crippen MR) is 89.6 cm³/mol. The fourth-order valence-electron chi connectivity index (χ4n) is 4.01. The maximum absolute atomic E-state index is 13.3.